The lowest BCUT2D eigenvalue weighted by atomic mass is 10.3. The van der Waals surface area contributed by atoms with Crippen LogP contribution in [0.4, 0.5) is 0 Å². The number of rotatable bonds is 7. The molecule has 1 rings (SSSR count). The molecule has 0 bridgehead atoms. The second kappa shape index (κ2) is 6.94. The minimum absolute atomic E-state index is 0.0117. The Morgan fingerprint density at radius 3 is 2.71 bits per heavy atom. The summed E-state index contributed by atoms with van der Waals surface area (Å²) >= 11 is 1.80. The van der Waals surface area contributed by atoms with Gasteiger partial charge in [-0.15, -0.1) is 0 Å². The minimum Gasteiger partial charge on any atom is -0.396 e. The molecule has 0 aliphatic heterocycles. The van der Waals surface area contributed by atoms with Gasteiger partial charge in [-0.2, -0.15) is 29.2 Å². The van der Waals surface area contributed by atoms with E-state index in [1.807, 2.05) is 0 Å². The average Bonchev–Trinajstić information content (AvgIpc) is 2.72. The third-order valence-corrected chi connectivity index (χ3v) is 5.80. The monoisotopic (exact) mass is 282 g/mol. The highest BCUT2D eigenvalue weighted by Gasteiger charge is 2.28. The van der Waals surface area contributed by atoms with E-state index >= 15 is 0 Å². The first-order valence-corrected chi connectivity index (χ1v) is 8.59. The molecule has 2 unspecified atom stereocenters. The number of aliphatic hydroxyl groups is 1. The van der Waals surface area contributed by atoms with Crippen molar-refractivity contribution in [2.75, 3.05) is 26.5 Å². The van der Waals surface area contributed by atoms with Gasteiger partial charge in [-0.3, -0.25) is 0 Å². The van der Waals surface area contributed by atoms with Crippen molar-refractivity contribution in [3.8, 4) is 0 Å². The van der Waals surface area contributed by atoms with Crippen molar-refractivity contribution in [3.05, 3.63) is 0 Å². The molecule has 17 heavy (non-hydrogen) atoms. The molecule has 0 aromatic rings. The molecule has 0 spiro atoms. The van der Waals surface area contributed by atoms with Gasteiger partial charge >= 0.3 is 0 Å². The van der Waals surface area contributed by atoms with Crippen LogP contribution in [0.3, 0.4) is 0 Å². The highest BCUT2D eigenvalue weighted by molar-refractivity contribution is 7.99. The third-order valence-electron chi connectivity index (χ3n) is 3.07. The number of hydrogen-bond acceptors (Lipinski definition) is 4. The van der Waals surface area contributed by atoms with Gasteiger partial charge in [0.25, 0.3) is 10.2 Å². The molecule has 0 saturated heterocycles. The van der Waals surface area contributed by atoms with Crippen molar-refractivity contribution < 1.29 is 13.5 Å². The molecule has 0 heterocycles. The second-order valence-corrected chi connectivity index (χ2v) is 7.34. The van der Waals surface area contributed by atoms with Gasteiger partial charge in [-0.05, 0) is 31.9 Å². The molecule has 1 fully saturated rings. The molecular weight excluding hydrogens is 260 g/mol. The van der Waals surface area contributed by atoms with E-state index in [0.717, 1.165) is 19.3 Å². The van der Waals surface area contributed by atoms with Crippen LogP contribution in [-0.4, -0.2) is 55.6 Å². The van der Waals surface area contributed by atoms with Crippen molar-refractivity contribution in [3.63, 3.8) is 0 Å². The van der Waals surface area contributed by atoms with E-state index in [1.54, 1.807) is 18.8 Å². The van der Waals surface area contributed by atoms with Crippen molar-refractivity contribution in [2.24, 2.45) is 0 Å². The molecular formula is C10H22N2O3S2. The predicted molar refractivity (Wildman–Crippen MR) is 71.3 cm³/mol. The van der Waals surface area contributed by atoms with Crippen LogP contribution in [0.15, 0.2) is 0 Å². The summed E-state index contributed by atoms with van der Waals surface area (Å²) in [6.45, 7) is 0.363. The Kier molecular flexibility index (Phi) is 6.22. The summed E-state index contributed by atoms with van der Waals surface area (Å²) in [7, 11) is -1.84. The lowest BCUT2D eigenvalue weighted by molar-refractivity contribution is 0.275. The zero-order chi connectivity index (χ0) is 12.9. The summed E-state index contributed by atoms with van der Waals surface area (Å²) in [5, 5.41) is 9.26. The highest BCUT2D eigenvalue weighted by atomic mass is 32.2. The molecule has 0 amide bonds. The first-order chi connectivity index (χ1) is 7.99. The van der Waals surface area contributed by atoms with Crippen LogP contribution in [0, 0.1) is 0 Å². The maximum absolute atomic E-state index is 11.9. The van der Waals surface area contributed by atoms with E-state index in [4.69, 9.17) is 5.11 Å². The van der Waals surface area contributed by atoms with Gasteiger partial charge in [0, 0.05) is 31.5 Å². The number of nitrogens with one attached hydrogen (secondary N) is 1. The molecule has 1 aliphatic carbocycles. The van der Waals surface area contributed by atoms with Gasteiger partial charge in [-0.25, -0.2) is 0 Å². The number of nitrogens with zero attached hydrogens (tertiary/aromatic N) is 1. The normalized spacial score (nSPS) is 25.6. The molecule has 2 atom stereocenters. The zero-order valence-corrected chi connectivity index (χ0v) is 12.1. The molecule has 0 aromatic carbocycles. The van der Waals surface area contributed by atoms with Gasteiger partial charge in [0.15, 0.2) is 0 Å². The van der Waals surface area contributed by atoms with Crippen molar-refractivity contribution in [1.29, 1.82) is 0 Å². The lowest BCUT2D eigenvalue weighted by Crippen LogP contribution is -2.43. The standard InChI is InChI=1S/C10H22N2O3S2/c1-12(6-3-7-13)17(14,15)11-9-4-5-10(8-9)16-2/h9-11,13H,3-8H2,1-2H3. The van der Waals surface area contributed by atoms with Crippen LogP contribution in [0.25, 0.3) is 0 Å². The Morgan fingerprint density at radius 2 is 2.18 bits per heavy atom. The smallest absolute Gasteiger partial charge is 0.279 e. The Balaban J connectivity index is 2.44. The van der Waals surface area contributed by atoms with Crippen molar-refractivity contribution in [2.45, 2.75) is 37.0 Å². The molecule has 5 nitrogen and oxygen atoms in total. The highest BCUT2D eigenvalue weighted by Crippen LogP contribution is 2.28. The molecule has 7 heteroatoms. The zero-order valence-electron chi connectivity index (χ0n) is 10.4. The van der Waals surface area contributed by atoms with E-state index in [0.29, 0.717) is 18.2 Å². The van der Waals surface area contributed by atoms with Crippen LogP contribution < -0.4 is 4.72 Å². The van der Waals surface area contributed by atoms with Gasteiger partial charge in [0.2, 0.25) is 0 Å². The molecule has 2 N–H and O–H groups in total. The molecule has 0 aromatic heterocycles. The van der Waals surface area contributed by atoms with Gasteiger partial charge in [0.1, 0.15) is 0 Å². The maximum Gasteiger partial charge on any atom is 0.279 e. The summed E-state index contributed by atoms with van der Waals surface area (Å²) in [5.41, 5.74) is 0. The quantitative estimate of drug-likeness (QED) is 0.710. The number of thioether (sulfide) groups is 1. The molecule has 1 saturated carbocycles. The predicted octanol–water partition coefficient (Wildman–Crippen LogP) is 0.419. The Hall–Kier alpha value is 0.180. The van der Waals surface area contributed by atoms with E-state index in [1.165, 1.54) is 4.31 Å². The SMILES string of the molecule is CSC1CCC(NS(=O)(=O)N(C)CCCO)C1. The van der Waals surface area contributed by atoms with Crippen LogP contribution >= 0.6 is 11.8 Å². The van der Waals surface area contributed by atoms with Crippen LogP contribution in [0.1, 0.15) is 25.7 Å². The fraction of sp³-hybridized carbons (Fsp3) is 1.00. The Morgan fingerprint density at radius 1 is 1.47 bits per heavy atom. The largest absolute Gasteiger partial charge is 0.396 e. The maximum atomic E-state index is 11.9. The fourth-order valence-corrected chi connectivity index (χ4v) is 3.96. The van der Waals surface area contributed by atoms with Crippen LogP contribution in [0.5, 0.6) is 0 Å². The lowest BCUT2D eigenvalue weighted by Gasteiger charge is -2.20. The van der Waals surface area contributed by atoms with Crippen molar-refractivity contribution in [1.82, 2.24) is 9.03 Å². The summed E-state index contributed by atoms with van der Waals surface area (Å²) in [6, 6.07) is 0.0639. The summed E-state index contributed by atoms with van der Waals surface area (Å²) in [5.74, 6) is 0. The molecule has 102 valence electrons. The first-order valence-electron chi connectivity index (χ1n) is 5.87. The van der Waals surface area contributed by atoms with Gasteiger partial charge in [-0.1, -0.05) is 0 Å². The van der Waals surface area contributed by atoms with E-state index in [9.17, 15) is 8.42 Å². The second-order valence-electron chi connectivity index (χ2n) is 4.39. The first kappa shape index (κ1) is 15.2. The summed E-state index contributed by atoms with van der Waals surface area (Å²) in [6.07, 6.45) is 5.44. The fourth-order valence-electron chi connectivity index (χ4n) is 1.98. The van der Waals surface area contributed by atoms with Crippen molar-refractivity contribution >= 4 is 22.0 Å². The minimum atomic E-state index is -3.38. The van der Waals surface area contributed by atoms with Crippen LogP contribution in [-0.2, 0) is 10.2 Å². The summed E-state index contributed by atoms with van der Waals surface area (Å²) < 4.78 is 27.8. The van der Waals surface area contributed by atoms with E-state index < -0.39 is 10.2 Å². The summed E-state index contributed by atoms with van der Waals surface area (Å²) in [4.78, 5) is 0. The third kappa shape index (κ3) is 4.75. The average molecular weight is 282 g/mol. The van der Waals surface area contributed by atoms with Gasteiger partial charge < -0.3 is 5.11 Å². The molecule has 1 aliphatic rings. The molecule has 0 radical (unpaired) electrons. The Labute approximate surface area is 108 Å². The van der Waals surface area contributed by atoms with Gasteiger partial charge in [0.05, 0.1) is 0 Å². The van der Waals surface area contributed by atoms with E-state index in [2.05, 4.69) is 11.0 Å². The van der Waals surface area contributed by atoms with Crippen LogP contribution in [0.2, 0.25) is 0 Å². The number of hydrogen-bond donors (Lipinski definition) is 2. The Bertz CT molecular complexity index is 322. The van der Waals surface area contributed by atoms with E-state index in [-0.39, 0.29) is 12.6 Å². The number of aliphatic hydroxyl groups excluding tert-OH is 1. The topological polar surface area (TPSA) is 69.6 Å².